The van der Waals surface area contributed by atoms with E-state index in [9.17, 15) is 14.4 Å². The summed E-state index contributed by atoms with van der Waals surface area (Å²) in [6, 6.07) is 6.89. The molecule has 5 nitrogen and oxygen atoms in total. The van der Waals surface area contributed by atoms with E-state index >= 15 is 0 Å². The number of nitrogens with one attached hydrogen (secondary N) is 1. The van der Waals surface area contributed by atoms with Gasteiger partial charge in [0.25, 0.3) is 0 Å². The Balaban J connectivity index is 1.67. The number of fused-ring (bicyclic) bond motifs is 1. The molecule has 3 rings (SSSR count). The summed E-state index contributed by atoms with van der Waals surface area (Å²) in [7, 11) is 0. The van der Waals surface area contributed by atoms with Crippen molar-refractivity contribution in [3.05, 3.63) is 29.8 Å². The minimum atomic E-state index is -0.389. The summed E-state index contributed by atoms with van der Waals surface area (Å²) < 4.78 is 0. The molecule has 1 aliphatic heterocycles. The second-order valence-corrected chi connectivity index (χ2v) is 6.03. The molecule has 118 valence electrons. The van der Waals surface area contributed by atoms with E-state index < -0.39 is 0 Å². The van der Waals surface area contributed by atoms with E-state index in [-0.39, 0.29) is 36.1 Å². The zero-order chi connectivity index (χ0) is 16.4. The van der Waals surface area contributed by atoms with Gasteiger partial charge in [-0.3, -0.25) is 19.3 Å². The summed E-state index contributed by atoms with van der Waals surface area (Å²) in [6.45, 7) is -0.231. The van der Waals surface area contributed by atoms with Crippen molar-refractivity contribution in [2.75, 3.05) is 11.9 Å². The van der Waals surface area contributed by atoms with Crippen LogP contribution < -0.4 is 5.32 Å². The zero-order valence-corrected chi connectivity index (χ0v) is 12.7. The quantitative estimate of drug-likeness (QED) is 0.683. The molecule has 1 saturated heterocycles. The highest BCUT2D eigenvalue weighted by Crippen LogP contribution is 2.37. The Hall–Kier alpha value is -2.61. The Bertz CT molecular complexity index is 680. The number of terminal acetylenes is 1. The number of rotatable bonds is 3. The van der Waals surface area contributed by atoms with Crippen LogP contribution in [0.25, 0.3) is 0 Å². The number of hydrogen-bond acceptors (Lipinski definition) is 3. The van der Waals surface area contributed by atoms with Crippen molar-refractivity contribution in [3.8, 4) is 12.3 Å². The van der Waals surface area contributed by atoms with E-state index in [0.29, 0.717) is 11.3 Å². The molecule has 2 aliphatic rings. The maximum absolute atomic E-state index is 12.3. The molecule has 3 amide bonds. The predicted molar refractivity (Wildman–Crippen MR) is 85.2 cm³/mol. The van der Waals surface area contributed by atoms with Crippen molar-refractivity contribution in [1.82, 2.24) is 4.90 Å². The average molecular weight is 310 g/mol. The molecule has 5 heteroatoms. The zero-order valence-electron chi connectivity index (χ0n) is 12.7. The Morgan fingerprint density at radius 1 is 1.22 bits per heavy atom. The molecule has 23 heavy (non-hydrogen) atoms. The molecule has 1 aliphatic carbocycles. The first-order chi connectivity index (χ1) is 11.1. The molecule has 1 saturated carbocycles. The van der Waals surface area contributed by atoms with Crippen LogP contribution in [0.3, 0.4) is 0 Å². The van der Waals surface area contributed by atoms with Gasteiger partial charge in [0.15, 0.2) is 0 Å². The Morgan fingerprint density at radius 2 is 1.87 bits per heavy atom. The standard InChI is InChI=1S/C18H18N2O3/c1-2-12-6-5-7-13(10-12)19-16(21)11-20-17(22)14-8-3-4-9-15(14)18(20)23/h1,5-7,10,14-15H,3-4,8-9,11H2,(H,19,21)/t14-,15-/m0/s1. The second-order valence-electron chi connectivity index (χ2n) is 6.03. The SMILES string of the molecule is C#Cc1cccc(NC(=O)CN2C(=O)[C@H]3CCCC[C@@H]3C2=O)c1. The number of benzene rings is 1. The van der Waals surface area contributed by atoms with Gasteiger partial charge in [0.2, 0.25) is 17.7 Å². The molecule has 0 aromatic heterocycles. The number of amides is 3. The van der Waals surface area contributed by atoms with Gasteiger partial charge in [-0.2, -0.15) is 0 Å². The maximum Gasteiger partial charge on any atom is 0.244 e. The highest BCUT2D eigenvalue weighted by molar-refractivity contribution is 6.08. The first-order valence-electron chi connectivity index (χ1n) is 7.82. The molecule has 1 aromatic rings. The number of likely N-dealkylation sites (tertiary alicyclic amines) is 1. The van der Waals surface area contributed by atoms with Gasteiger partial charge in [-0.1, -0.05) is 24.8 Å². The number of hydrogen-bond donors (Lipinski definition) is 1. The number of imide groups is 1. The molecule has 0 radical (unpaired) electrons. The Morgan fingerprint density at radius 3 is 2.48 bits per heavy atom. The molecule has 1 N–H and O–H groups in total. The normalized spacial score (nSPS) is 23.3. The fourth-order valence-corrected chi connectivity index (χ4v) is 3.42. The van der Waals surface area contributed by atoms with Crippen LogP contribution in [0.1, 0.15) is 31.2 Å². The third kappa shape index (κ3) is 2.98. The summed E-state index contributed by atoms with van der Waals surface area (Å²) in [4.78, 5) is 37.9. The van der Waals surface area contributed by atoms with Crippen molar-refractivity contribution >= 4 is 23.4 Å². The van der Waals surface area contributed by atoms with Crippen LogP contribution in [-0.4, -0.2) is 29.2 Å². The van der Waals surface area contributed by atoms with E-state index in [0.717, 1.165) is 30.6 Å². The van der Waals surface area contributed by atoms with Gasteiger partial charge in [-0.05, 0) is 31.0 Å². The fourth-order valence-electron chi connectivity index (χ4n) is 3.42. The van der Waals surface area contributed by atoms with Crippen LogP contribution >= 0.6 is 0 Å². The Kier molecular flexibility index (Phi) is 4.16. The minimum Gasteiger partial charge on any atom is -0.324 e. The van der Waals surface area contributed by atoms with Crippen LogP contribution in [-0.2, 0) is 14.4 Å². The highest BCUT2D eigenvalue weighted by Gasteiger charge is 2.48. The van der Waals surface area contributed by atoms with E-state index in [2.05, 4.69) is 11.2 Å². The molecular formula is C18H18N2O3. The highest BCUT2D eigenvalue weighted by atomic mass is 16.2. The van der Waals surface area contributed by atoms with Crippen LogP contribution in [0.2, 0.25) is 0 Å². The molecule has 0 unspecified atom stereocenters. The smallest absolute Gasteiger partial charge is 0.244 e. The first-order valence-corrected chi connectivity index (χ1v) is 7.82. The van der Waals surface area contributed by atoms with Gasteiger partial charge < -0.3 is 5.32 Å². The third-order valence-corrected chi connectivity index (χ3v) is 4.55. The van der Waals surface area contributed by atoms with E-state index in [1.165, 1.54) is 0 Å². The number of nitrogens with zero attached hydrogens (tertiary/aromatic N) is 1. The topological polar surface area (TPSA) is 66.5 Å². The van der Waals surface area contributed by atoms with Gasteiger partial charge in [-0.25, -0.2) is 0 Å². The van der Waals surface area contributed by atoms with E-state index in [4.69, 9.17) is 6.42 Å². The van der Waals surface area contributed by atoms with E-state index in [1.807, 2.05) is 0 Å². The summed E-state index contributed by atoms with van der Waals surface area (Å²) >= 11 is 0. The van der Waals surface area contributed by atoms with Gasteiger partial charge in [0, 0.05) is 11.3 Å². The van der Waals surface area contributed by atoms with Crippen molar-refractivity contribution in [3.63, 3.8) is 0 Å². The summed E-state index contributed by atoms with van der Waals surface area (Å²) in [5.41, 5.74) is 1.21. The number of carbonyl (C=O) groups excluding carboxylic acids is 3. The first kappa shape index (κ1) is 15.3. The lowest BCUT2D eigenvalue weighted by molar-refractivity contribution is -0.142. The minimum absolute atomic E-state index is 0.202. The van der Waals surface area contributed by atoms with Gasteiger partial charge in [-0.15, -0.1) is 6.42 Å². The predicted octanol–water partition coefficient (Wildman–Crippen LogP) is 1.78. The van der Waals surface area contributed by atoms with Crippen molar-refractivity contribution < 1.29 is 14.4 Å². The van der Waals surface area contributed by atoms with Crippen LogP contribution in [0.4, 0.5) is 5.69 Å². The molecule has 2 fully saturated rings. The van der Waals surface area contributed by atoms with Crippen LogP contribution in [0, 0.1) is 24.2 Å². The lowest BCUT2D eigenvalue weighted by Crippen LogP contribution is -2.38. The van der Waals surface area contributed by atoms with Crippen LogP contribution in [0.15, 0.2) is 24.3 Å². The summed E-state index contributed by atoms with van der Waals surface area (Å²) in [6.07, 6.45) is 8.76. The lowest BCUT2D eigenvalue weighted by Gasteiger charge is -2.19. The van der Waals surface area contributed by atoms with E-state index in [1.54, 1.807) is 24.3 Å². The second kappa shape index (κ2) is 6.25. The molecule has 1 heterocycles. The molecule has 0 spiro atoms. The van der Waals surface area contributed by atoms with Crippen molar-refractivity contribution in [1.29, 1.82) is 0 Å². The number of carbonyl (C=O) groups is 3. The molecule has 1 aromatic carbocycles. The van der Waals surface area contributed by atoms with Gasteiger partial charge in [0.05, 0.1) is 11.8 Å². The molecule has 2 atom stereocenters. The summed E-state index contributed by atoms with van der Waals surface area (Å²) in [5.74, 6) is 1.24. The average Bonchev–Trinajstić information content (AvgIpc) is 2.80. The van der Waals surface area contributed by atoms with Crippen molar-refractivity contribution in [2.45, 2.75) is 25.7 Å². The monoisotopic (exact) mass is 310 g/mol. The third-order valence-electron chi connectivity index (χ3n) is 4.55. The number of anilines is 1. The summed E-state index contributed by atoms with van der Waals surface area (Å²) in [5, 5.41) is 2.69. The molecule has 0 bridgehead atoms. The maximum atomic E-state index is 12.3. The van der Waals surface area contributed by atoms with Crippen LogP contribution in [0.5, 0.6) is 0 Å². The van der Waals surface area contributed by atoms with Gasteiger partial charge in [0.1, 0.15) is 6.54 Å². The van der Waals surface area contributed by atoms with Crippen molar-refractivity contribution in [2.24, 2.45) is 11.8 Å². The van der Waals surface area contributed by atoms with Gasteiger partial charge >= 0.3 is 0 Å². The Labute approximate surface area is 135 Å². The fraction of sp³-hybridized carbons (Fsp3) is 0.389. The largest absolute Gasteiger partial charge is 0.324 e. The molecular weight excluding hydrogens is 292 g/mol. The lowest BCUT2D eigenvalue weighted by atomic mass is 9.81.